The third-order valence-corrected chi connectivity index (χ3v) is 5.77. The molecule has 0 bridgehead atoms. The molecule has 0 unspecified atom stereocenters. The van der Waals surface area contributed by atoms with E-state index in [0.717, 1.165) is 63.2 Å². The highest BCUT2D eigenvalue weighted by atomic mass is 16.5. The van der Waals surface area contributed by atoms with Gasteiger partial charge in [0.15, 0.2) is 5.82 Å². The number of aromatic nitrogens is 4. The summed E-state index contributed by atoms with van der Waals surface area (Å²) in [6.45, 7) is 10.3. The first-order chi connectivity index (χ1) is 11.6. The number of piperidine rings is 1. The molecule has 0 N–H and O–H groups in total. The summed E-state index contributed by atoms with van der Waals surface area (Å²) in [5.41, 5.74) is 0.0255. The highest BCUT2D eigenvalue weighted by Gasteiger charge is 2.53. The molecule has 4 heterocycles. The summed E-state index contributed by atoms with van der Waals surface area (Å²) in [5.74, 6) is 3.22. The van der Waals surface area contributed by atoms with Gasteiger partial charge in [-0.25, -0.2) is 4.98 Å². The van der Waals surface area contributed by atoms with Gasteiger partial charge in [0.25, 0.3) is 0 Å². The van der Waals surface area contributed by atoms with E-state index in [1.807, 2.05) is 13.1 Å². The summed E-state index contributed by atoms with van der Waals surface area (Å²) in [7, 11) is 2.21. The number of hydrogen-bond donors (Lipinski definition) is 0. The van der Waals surface area contributed by atoms with Crippen molar-refractivity contribution >= 4 is 0 Å². The monoisotopic (exact) mass is 330 g/mol. The topological polar surface area (TPSA) is 63.2 Å². The number of hydrogen-bond acceptors (Lipinski definition) is 6. The van der Waals surface area contributed by atoms with Gasteiger partial charge in [0.05, 0.1) is 5.41 Å². The molecule has 2 aromatic rings. The second-order valence-electron chi connectivity index (χ2n) is 7.42. The van der Waals surface area contributed by atoms with E-state index < -0.39 is 0 Å². The van der Waals surface area contributed by atoms with Crippen molar-refractivity contribution in [2.75, 3.05) is 39.8 Å². The van der Waals surface area contributed by atoms with Crippen LogP contribution < -0.4 is 0 Å². The molecule has 0 amide bonds. The predicted octanol–water partition coefficient (Wildman–Crippen LogP) is 1.09. The van der Waals surface area contributed by atoms with E-state index in [-0.39, 0.29) is 5.41 Å². The highest BCUT2D eigenvalue weighted by molar-refractivity contribution is 5.16. The Morgan fingerprint density at radius 3 is 2.88 bits per heavy atom. The van der Waals surface area contributed by atoms with Crippen LogP contribution in [0.4, 0.5) is 0 Å². The van der Waals surface area contributed by atoms with Crippen LogP contribution in [0.3, 0.4) is 0 Å². The predicted molar refractivity (Wildman–Crippen MR) is 89.7 cm³/mol. The fraction of sp³-hybridized carbons (Fsp3) is 0.706. The van der Waals surface area contributed by atoms with Crippen molar-refractivity contribution in [2.45, 2.75) is 32.2 Å². The Morgan fingerprint density at radius 2 is 2.17 bits per heavy atom. The number of nitrogens with zero attached hydrogens (tertiary/aromatic N) is 6. The quantitative estimate of drug-likeness (QED) is 0.836. The zero-order valence-corrected chi connectivity index (χ0v) is 14.8. The van der Waals surface area contributed by atoms with Crippen molar-refractivity contribution < 1.29 is 4.52 Å². The molecule has 2 fully saturated rings. The van der Waals surface area contributed by atoms with E-state index in [2.05, 4.69) is 49.7 Å². The smallest absolute Gasteiger partial charge is 0.234 e. The second-order valence-corrected chi connectivity index (χ2v) is 7.42. The third-order valence-electron chi connectivity index (χ3n) is 5.77. The lowest BCUT2D eigenvalue weighted by Crippen LogP contribution is -2.48. The van der Waals surface area contributed by atoms with E-state index in [9.17, 15) is 0 Å². The zero-order chi connectivity index (χ0) is 16.7. The number of fused-ring (bicyclic) bond motifs is 1. The van der Waals surface area contributed by atoms with Crippen LogP contribution in [0, 0.1) is 19.8 Å². The number of rotatable bonds is 4. The van der Waals surface area contributed by atoms with Crippen LogP contribution in [0.1, 0.15) is 24.0 Å². The van der Waals surface area contributed by atoms with Crippen LogP contribution in [0.15, 0.2) is 16.9 Å². The number of imidazole rings is 1. The van der Waals surface area contributed by atoms with E-state index in [0.29, 0.717) is 5.92 Å². The molecule has 0 aromatic carbocycles. The van der Waals surface area contributed by atoms with Crippen molar-refractivity contribution in [3.63, 3.8) is 0 Å². The Bertz CT molecular complexity index is 710. The van der Waals surface area contributed by atoms with E-state index in [1.165, 1.54) is 0 Å². The summed E-state index contributed by atoms with van der Waals surface area (Å²) in [6.07, 6.45) is 5.02. The summed E-state index contributed by atoms with van der Waals surface area (Å²) < 4.78 is 7.86. The number of likely N-dealkylation sites (tertiary alicyclic amines) is 2. The molecule has 2 aliphatic heterocycles. The van der Waals surface area contributed by atoms with Crippen molar-refractivity contribution in [3.8, 4) is 0 Å². The molecular weight excluding hydrogens is 304 g/mol. The van der Waals surface area contributed by atoms with Crippen LogP contribution >= 0.6 is 0 Å². The molecule has 7 heteroatoms. The van der Waals surface area contributed by atoms with Crippen molar-refractivity contribution in [1.82, 2.24) is 29.5 Å². The maximum Gasteiger partial charge on any atom is 0.234 e. The van der Waals surface area contributed by atoms with Gasteiger partial charge < -0.3 is 18.9 Å². The van der Waals surface area contributed by atoms with Gasteiger partial charge in [-0.3, -0.25) is 0 Å². The minimum absolute atomic E-state index is 0.0255. The molecule has 2 atom stereocenters. The van der Waals surface area contributed by atoms with Gasteiger partial charge in [0, 0.05) is 45.1 Å². The van der Waals surface area contributed by atoms with Crippen molar-refractivity contribution in [2.24, 2.45) is 5.92 Å². The first kappa shape index (κ1) is 15.8. The van der Waals surface area contributed by atoms with Gasteiger partial charge in [0.1, 0.15) is 5.82 Å². The second kappa shape index (κ2) is 5.97. The molecule has 0 aliphatic carbocycles. The van der Waals surface area contributed by atoms with Crippen LogP contribution in [-0.4, -0.2) is 69.3 Å². The molecule has 2 aliphatic rings. The van der Waals surface area contributed by atoms with Crippen molar-refractivity contribution in [3.05, 3.63) is 29.9 Å². The molecular formula is C17H26N6O. The van der Waals surface area contributed by atoms with Gasteiger partial charge in [-0.15, -0.1) is 0 Å². The normalized spacial score (nSPS) is 28.4. The van der Waals surface area contributed by atoms with E-state index in [4.69, 9.17) is 4.52 Å². The molecule has 0 spiro atoms. The molecule has 24 heavy (non-hydrogen) atoms. The van der Waals surface area contributed by atoms with Crippen LogP contribution in [-0.2, 0) is 12.0 Å². The summed E-state index contributed by atoms with van der Waals surface area (Å²) in [5, 5.41) is 4.06. The maximum atomic E-state index is 5.64. The molecule has 0 radical (unpaired) electrons. The molecule has 4 rings (SSSR count). The number of aryl methyl sites for hydroxylation is 2. The largest absolute Gasteiger partial charge is 0.339 e. The van der Waals surface area contributed by atoms with Crippen LogP contribution in [0.5, 0.6) is 0 Å². The van der Waals surface area contributed by atoms with E-state index in [1.54, 1.807) is 0 Å². The lowest BCUT2D eigenvalue weighted by atomic mass is 9.72. The molecule has 0 saturated carbocycles. The maximum absolute atomic E-state index is 5.64. The fourth-order valence-corrected chi connectivity index (χ4v) is 4.36. The van der Waals surface area contributed by atoms with Crippen LogP contribution in [0.2, 0.25) is 0 Å². The highest BCUT2D eigenvalue weighted by Crippen LogP contribution is 2.44. The summed E-state index contributed by atoms with van der Waals surface area (Å²) in [4.78, 5) is 13.9. The van der Waals surface area contributed by atoms with Crippen LogP contribution in [0.25, 0.3) is 0 Å². The zero-order valence-electron chi connectivity index (χ0n) is 14.8. The standard InChI is InChI=1S/C17H26N6O/c1-13-19-16(24-20-13)17-4-6-21(3)10-15(17)11-22(12-17)8-9-23-7-5-18-14(23)2/h5,7,15H,4,6,8-12H2,1-3H3/t15-,17-/m1/s1. The van der Waals surface area contributed by atoms with Gasteiger partial charge >= 0.3 is 0 Å². The Labute approximate surface area is 142 Å². The molecule has 2 saturated heterocycles. The third kappa shape index (κ3) is 2.65. The molecule has 7 nitrogen and oxygen atoms in total. The Hall–Kier alpha value is -1.73. The first-order valence-corrected chi connectivity index (χ1v) is 8.76. The minimum atomic E-state index is 0.0255. The van der Waals surface area contributed by atoms with E-state index >= 15 is 0 Å². The average Bonchev–Trinajstić information content (AvgIpc) is 3.24. The Kier molecular flexibility index (Phi) is 3.92. The van der Waals surface area contributed by atoms with Gasteiger partial charge in [-0.05, 0) is 39.8 Å². The SMILES string of the molecule is Cc1noc([C@@]23CCN(C)C[C@@H]2CN(CCn2ccnc2C)C3)n1. The fourth-order valence-electron chi connectivity index (χ4n) is 4.36. The molecule has 2 aromatic heterocycles. The van der Waals surface area contributed by atoms with Gasteiger partial charge in [-0.1, -0.05) is 5.16 Å². The first-order valence-electron chi connectivity index (χ1n) is 8.76. The lowest BCUT2D eigenvalue weighted by molar-refractivity contribution is 0.118. The van der Waals surface area contributed by atoms with Gasteiger partial charge in [0.2, 0.25) is 5.89 Å². The van der Waals surface area contributed by atoms with Crippen molar-refractivity contribution in [1.29, 1.82) is 0 Å². The van der Waals surface area contributed by atoms with Gasteiger partial charge in [-0.2, -0.15) is 4.98 Å². The molecule has 130 valence electrons. The summed E-state index contributed by atoms with van der Waals surface area (Å²) in [6, 6.07) is 0. The lowest BCUT2D eigenvalue weighted by Gasteiger charge is -2.39. The average molecular weight is 330 g/mol. The Morgan fingerprint density at radius 1 is 1.29 bits per heavy atom. The minimum Gasteiger partial charge on any atom is -0.339 e. The summed E-state index contributed by atoms with van der Waals surface area (Å²) >= 11 is 0. The Balaban J connectivity index is 1.52.